The van der Waals surface area contributed by atoms with Gasteiger partial charge in [-0.05, 0) is 55.6 Å². The molecule has 23 heavy (non-hydrogen) atoms. The number of carboxylic acids is 1. The summed E-state index contributed by atoms with van der Waals surface area (Å²) < 4.78 is 5.64. The molecule has 4 nitrogen and oxygen atoms in total. The molecule has 0 aliphatic rings. The van der Waals surface area contributed by atoms with Gasteiger partial charge in [-0.15, -0.1) is 0 Å². The van der Waals surface area contributed by atoms with E-state index >= 15 is 0 Å². The van der Waals surface area contributed by atoms with Crippen LogP contribution in [-0.2, 0) is 6.54 Å². The fourth-order valence-electron chi connectivity index (χ4n) is 2.23. The van der Waals surface area contributed by atoms with Gasteiger partial charge in [0.1, 0.15) is 5.75 Å². The molecule has 2 aromatic rings. The van der Waals surface area contributed by atoms with Crippen molar-refractivity contribution < 1.29 is 14.6 Å². The molecule has 0 spiro atoms. The van der Waals surface area contributed by atoms with Crippen LogP contribution in [0, 0.1) is 0 Å². The molecule has 2 rings (SSSR count). The van der Waals surface area contributed by atoms with E-state index in [1.54, 1.807) is 12.1 Å². The number of benzene rings is 2. The van der Waals surface area contributed by atoms with E-state index in [2.05, 4.69) is 5.32 Å². The van der Waals surface area contributed by atoms with Crippen molar-refractivity contribution in [1.29, 1.82) is 0 Å². The Morgan fingerprint density at radius 2 is 1.70 bits per heavy atom. The first-order valence-electron chi connectivity index (χ1n) is 7.96. The smallest absolute Gasteiger partial charge is 0.335 e. The second kappa shape index (κ2) is 9.64. The molecule has 4 heteroatoms. The fraction of sp³-hybridized carbons (Fsp3) is 0.316. The molecule has 0 radical (unpaired) electrons. The van der Waals surface area contributed by atoms with Crippen molar-refractivity contribution in [1.82, 2.24) is 5.32 Å². The molecule has 0 aromatic heterocycles. The van der Waals surface area contributed by atoms with Crippen molar-refractivity contribution in [2.45, 2.75) is 25.8 Å². The van der Waals surface area contributed by atoms with Gasteiger partial charge >= 0.3 is 5.97 Å². The predicted molar refractivity (Wildman–Crippen MR) is 90.9 cm³/mol. The number of carboxylic acid groups (broad SMARTS) is 1. The van der Waals surface area contributed by atoms with Gasteiger partial charge in [0.25, 0.3) is 0 Å². The van der Waals surface area contributed by atoms with Gasteiger partial charge in [0, 0.05) is 6.54 Å². The van der Waals surface area contributed by atoms with E-state index in [-0.39, 0.29) is 0 Å². The summed E-state index contributed by atoms with van der Waals surface area (Å²) in [6.07, 6.45) is 3.27. The number of aromatic carboxylic acids is 1. The highest BCUT2D eigenvalue weighted by Gasteiger charge is 2.01. The summed E-state index contributed by atoms with van der Waals surface area (Å²) in [4.78, 5) is 10.8. The molecule has 0 atom stereocenters. The van der Waals surface area contributed by atoms with E-state index in [1.165, 1.54) is 0 Å². The lowest BCUT2D eigenvalue weighted by Gasteiger charge is -2.07. The van der Waals surface area contributed by atoms with E-state index in [0.29, 0.717) is 5.56 Å². The largest absolute Gasteiger partial charge is 0.494 e. The van der Waals surface area contributed by atoms with Crippen LogP contribution in [0.3, 0.4) is 0 Å². The van der Waals surface area contributed by atoms with E-state index < -0.39 is 5.97 Å². The fourth-order valence-corrected chi connectivity index (χ4v) is 2.23. The third-order valence-corrected chi connectivity index (χ3v) is 3.54. The molecule has 0 bridgehead atoms. The van der Waals surface area contributed by atoms with Crippen molar-refractivity contribution in [2.75, 3.05) is 13.2 Å². The Bertz CT molecular complexity index is 581. The minimum absolute atomic E-state index is 0.326. The van der Waals surface area contributed by atoms with Crippen molar-refractivity contribution in [3.63, 3.8) is 0 Å². The molecule has 2 N–H and O–H groups in total. The van der Waals surface area contributed by atoms with Crippen molar-refractivity contribution in [3.8, 4) is 5.75 Å². The van der Waals surface area contributed by atoms with E-state index in [0.717, 1.165) is 50.3 Å². The van der Waals surface area contributed by atoms with Crippen LogP contribution >= 0.6 is 0 Å². The summed E-state index contributed by atoms with van der Waals surface area (Å²) in [6, 6.07) is 16.8. The van der Waals surface area contributed by atoms with E-state index in [9.17, 15) is 4.79 Å². The Morgan fingerprint density at radius 1 is 0.957 bits per heavy atom. The average molecular weight is 313 g/mol. The summed E-state index contributed by atoms with van der Waals surface area (Å²) in [5.74, 6) is 0.0395. The van der Waals surface area contributed by atoms with Crippen LogP contribution in [0.15, 0.2) is 54.6 Å². The zero-order valence-corrected chi connectivity index (χ0v) is 13.2. The highest BCUT2D eigenvalue weighted by Crippen LogP contribution is 2.09. The van der Waals surface area contributed by atoms with Crippen LogP contribution in [0.1, 0.15) is 35.2 Å². The van der Waals surface area contributed by atoms with Crippen LogP contribution in [0.2, 0.25) is 0 Å². The van der Waals surface area contributed by atoms with Gasteiger partial charge < -0.3 is 15.2 Å². The molecule has 0 saturated heterocycles. The minimum atomic E-state index is -0.887. The van der Waals surface area contributed by atoms with Crippen LogP contribution in [0.25, 0.3) is 0 Å². The minimum Gasteiger partial charge on any atom is -0.494 e. The number of rotatable bonds is 10. The normalized spacial score (nSPS) is 10.4. The third-order valence-electron chi connectivity index (χ3n) is 3.54. The molecule has 122 valence electrons. The van der Waals surface area contributed by atoms with Crippen LogP contribution in [0.5, 0.6) is 5.75 Å². The number of hydrogen-bond acceptors (Lipinski definition) is 3. The second-order valence-electron chi connectivity index (χ2n) is 5.40. The van der Waals surface area contributed by atoms with Gasteiger partial charge in [-0.25, -0.2) is 4.79 Å². The van der Waals surface area contributed by atoms with Gasteiger partial charge in [0.2, 0.25) is 0 Å². The van der Waals surface area contributed by atoms with Gasteiger partial charge in [-0.2, -0.15) is 0 Å². The Balaban J connectivity index is 1.50. The maximum Gasteiger partial charge on any atom is 0.335 e. The quantitative estimate of drug-likeness (QED) is 0.656. The Kier molecular flexibility index (Phi) is 7.14. The number of unbranched alkanes of at least 4 members (excludes halogenated alkanes) is 2. The van der Waals surface area contributed by atoms with Gasteiger partial charge in [-0.3, -0.25) is 0 Å². The molecular weight excluding hydrogens is 290 g/mol. The zero-order chi connectivity index (χ0) is 16.3. The lowest BCUT2D eigenvalue weighted by molar-refractivity contribution is 0.0697. The van der Waals surface area contributed by atoms with Gasteiger partial charge in [0.15, 0.2) is 0 Å². The van der Waals surface area contributed by atoms with E-state index in [4.69, 9.17) is 9.84 Å². The lowest BCUT2D eigenvalue weighted by Crippen LogP contribution is -2.15. The SMILES string of the molecule is O=C(O)c1ccc(CNCCCCCOc2ccccc2)cc1. The van der Waals surface area contributed by atoms with Crippen molar-refractivity contribution in [2.24, 2.45) is 0 Å². The van der Waals surface area contributed by atoms with Crippen LogP contribution in [0.4, 0.5) is 0 Å². The molecule has 0 saturated carbocycles. The maximum absolute atomic E-state index is 10.8. The summed E-state index contributed by atoms with van der Waals surface area (Å²) in [7, 11) is 0. The Hall–Kier alpha value is -2.33. The summed E-state index contributed by atoms with van der Waals surface area (Å²) >= 11 is 0. The first-order valence-corrected chi connectivity index (χ1v) is 7.96. The average Bonchev–Trinajstić information content (AvgIpc) is 2.58. The van der Waals surface area contributed by atoms with Crippen LogP contribution < -0.4 is 10.1 Å². The standard InChI is InChI=1S/C19H23NO3/c21-19(22)17-11-9-16(10-12-17)15-20-13-5-2-6-14-23-18-7-3-1-4-8-18/h1,3-4,7-12,20H,2,5-6,13-15H2,(H,21,22). The number of carbonyl (C=O) groups is 1. The lowest BCUT2D eigenvalue weighted by atomic mass is 10.1. The first kappa shape index (κ1) is 17.0. The molecule has 0 aliphatic carbocycles. The first-order chi connectivity index (χ1) is 11.3. The summed E-state index contributed by atoms with van der Waals surface area (Å²) in [5, 5.41) is 12.2. The molecule has 0 amide bonds. The molecule has 0 heterocycles. The number of nitrogens with one attached hydrogen (secondary N) is 1. The molecule has 2 aromatic carbocycles. The van der Waals surface area contributed by atoms with Crippen LogP contribution in [-0.4, -0.2) is 24.2 Å². The Labute approximate surface area is 137 Å². The van der Waals surface area contributed by atoms with Gasteiger partial charge in [-0.1, -0.05) is 30.3 Å². The molecule has 0 aliphatic heterocycles. The highest BCUT2D eigenvalue weighted by atomic mass is 16.5. The Morgan fingerprint density at radius 3 is 2.39 bits per heavy atom. The highest BCUT2D eigenvalue weighted by molar-refractivity contribution is 5.87. The molecule has 0 fully saturated rings. The van der Waals surface area contributed by atoms with E-state index in [1.807, 2.05) is 42.5 Å². The monoisotopic (exact) mass is 313 g/mol. The predicted octanol–water partition coefficient (Wildman–Crippen LogP) is 3.72. The third kappa shape index (κ3) is 6.53. The molecular formula is C19H23NO3. The number of para-hydroxylation sites is 1. The topological polar surface area (TPSA) is 58.6 Å². The van der Waals surface area contributed by atoms with Crippen molar-refractivity contribution in [3.05, 3.63) is 65.7 Å². The second-order valence-corrected chi connectivity index (χ2v) is 5.40. The summed E-state index contributed by atoms with van der Waals surface area (Å²) in [5.41, 5.74) is 1.43. The van der Waals surface area contributed by atoms with Gasteiger partial charge in [0.05, 0.1) is 12.2 Å². The number of hydrogen-bond donors (Lipinski definition) is 2. The summed E-state index contributed by atoms with van der Waals surface area (Å²) in [6.45, 7) is 2.47. The zero-order valence-electron chi connectivity index (χ0n) is 13.2. The number of ether oxygens (including phenoxy) is 1. The maximum atomic E-state index is 10.8. The van der Waals surface area contributed by atoms with Crippen molar-refractivity contribution >= 4 is 5.97 Å². The molecule has 0 unspecified atom stereocenters.